The predicted octanol–water partition coefficient (Wildman–Crippen LogP) is 3.80. The minimum Gasteiger partial charge on any atom is -0.267 e. The van der Waals surface area contributed by atoms with Crippen molar-refractivity contribution in [3.63, 3.8) is 0 Å². The molecule has 0 saturated carbocycles. The molecule has 4 rings (SSSR count). The van der Waals surface area contributed by atoms with Crippen LogP contribution in [0.25, 0.3) is 10.5 Å². The normalized spacial score (nSPS) is 11.0. The molecule has 2 aromatic carbocycles. The lowest BCUT2D eigenvalue weighted by molar-refractivity contribution is 0.754. The Hall–Kier alpha value is -2.57. The standard InChI is InChI=1S/C19H14N2O2S2/c22-16-11-18-21(20(16)15-9-5-2-6-10-15)17(23)12-19(25-18)24-13-14-7-3-1-4-8-14/h1-12H,13H2. The van der Waals surface area contributed by atoms with Gasteiger partial charge >= 0.3 is 0 Å². The summed E-state index contributed by atoms with van der Waals surface area (Å²) in [7, 11) is 0. The van der Waals surface area contributed by atoms with Crippen LogP contribution in [0.4, 0.5) is 0 Å². The number of para-hydroxylation sites is 1. The van der Waals surface area contributed by atoms with Gasteiger partial charge in [0.05, 0.1) is 9.90 Å². The maximum atomic E-state index is 12.6. The van der Waals surface area contributed by atoms with E-state index in [1.807, 2.05) is 48.5 Å². The molecule has 0 aliphatic carbocycles. The lowest BCUT2D eigenvalue weighted by Gasteiger charge is -2.06. The first-order chi connectivity index (χ1) is 12.2. The molecule has 4 nitrogen and oxygen atoms in total. The van der Waals surface area contributed by atoms with Crippen LogP contribution in [0.1, 0.15) is 5.56 Å². The molecule has 0 N–H and O–H groups in total. The van der Waals surface area contributed by atoms with Gasteiger partial charge < -0.3 is 0 Å². The summed E-state index contributed by atoms with van der Waals surface area (Å²) in [5.74, 6) is 0.788. The third kappa shape index (κ3) is 3.18. The summed E-state index contributed by atoms with van der Waals surface area (Å²) in [5, 5.41) is 0. The summed E-state index contributed by atoms with van der Waals surface area (Å²) in [6, 6.07) is 22.4. The molecule has 0 atom stereocenters. The number of fused-ring (bicyclic) bond motifs is 1. The Morgan fingerprint density at radius 2 is 1.52 bits per heavy atom. The fraction of sp³-hybridized carbons (Fsp3) is 0.0526. The first kappa shape index (κ1) is 15.9. The van der Waals surface area contributed by atoms with E-state index >= 15 is 0 Å². The summed E-state index contributed by atoms with van der Waals surface area (Å²) >= 11 is 3.06. The van der Waals surface area contributed by atoms with E-state index < -0.39 is 0 Å². The van der Waals surface area contributed by atoms with Crippen molar-refractivity contribution in [3.8, 4) is 5.69 Å². The molecule has 0 amide bonds. The van der Waals surface area contributed by atoms with Gasteiger partial charge in [-0.1, -0.05) is 48.5 Å². The smallest absolute Gasteiger partial charge is 0.267 e. The molecule has 0 radical (unpaired) electrons. The van der Waals surface area contributed by atoms with E-state index in [4.69, 9.17) is 0 Å². The molecule has 4 aromatic rings. The van der Waals surface area contributed by atoms with Crippen molar-refractivity contribution in [1.82, 2.24) is 9.20 Å². The van der Waals surface area contributed by atoms with Gasteiger partial charge in [0.1, 0.15) is 4.83 Å². The van der Waals surface area contributed by atoms with Gasteiger partial charge in [-0.3, -0.25) is 9.59 Å². The Morgan fingerprint density at radius 3 is 2.24 bits per heavy atom. The number of thioether (sulfide) groups is 1. The molecule has 2 aromatic heterocycles. The fourth-order valence-electron chi connectivity index (χ4n) is 2.61. The fourth-order valence-corrected chi connectivity index (χ4v) is 4.75. The maximum Gasteiger partial charge on any atom is 0.273 e. The summed E-state index contributed by atoms with van der Waals surface area (Å²) < 4.78 is 3.76. The molecule has 25 heavy (non-hydrogen) atoms. The van der Waals surface area contributed by atoms with Gasteiger partial charge in [-0.25, -0.2) is 4.68 Å². The van der Waals surface area contributed by atoms with Crippen molar-refractivity contribution in [2.24, 2.45) is 0 Å². The third-order valence-electron chi connectivity index (χ3n) is 3.74. The Labute approximate surface area is 152 Å². The first-order valence-electron chi connectivity index (χ1n) is 7.73. The second-order valence-corrected chi connectivity index (χ2v) is 7.80. The molecule has 6 heteroatoms. The lowest BCUT2D eigenvalue weighted by atomic mass is 10.2. The molecule has 0 bridgehead atoms. The Bertz CT molecular complexity index is 1130. The lowest BCUT2D eigenvalue weighted by Crippen LogP contribution is -2.24. The molecular formula is C19H14N2O2S2. The minimum atomic E-state index is -0.204. The number of aromatic nitrogens is 2. The highest BCUT2D eigenvalue weighted by atomic mass is 32.2. The van der Waals surface area contributed by atoms with Crippen molar-refractivity contribution >= 4 is 27.9 Å². The van der Waals surface area contributed by atoms with Crippen molar-refractivity contribution in [3.05, 3.63) is 99.1 Å². The van der Waals surface area contributed by atoms with E-state index in [0.717, 1.165) is 9.96 Å². The van der Waals surface area contributed by atoms with Crippen molar-refractivity contribution in [2.75, 3.05) is 0 Å². The van der Waals surface area contributed by atoms with E-state index in [9.17, 15) is 9.59 Å². The molecular weight excluding hydrogens is 352 g/mol. The van der Waals surface area contributed by atoms with Crippen LogP contribution < -0.4 is 11.1 Å². The Morgan fingerprint density at radius 1 is 0.840 bits per heavy atom. The summed E-state index contributed by atoms with van der Waals surface area (Å²) in [4.78, 5) is 25.6. The van der Waals surface area contributed by atoms with Crippen LogP contribution in [-0.4, -0.2) is 9.20 Å². The molecule has 124 valence electrons. The van der Waals surface area contributed by atoms with Gasteiger partial charge in [-0.05, 0) is 17.7 Å². The Balaban J connectivity index is 1.74. The summed E-state index contributed by atoms with van der Waals surface area (Å²) in [6.45, 7) is 0. The van der Waals surface area contributed by atoms with Crippen LogP contribution >= 0.6 is 23.1 Å². The highest BCUT2D eigenvalue weighted by molar-refractivity contribution is 8.00. The summed E-state index contributed by atoms with van der Waals surface area (Å²) in [5.41, 5.74) is 1.48. The van der Waals surface area contributed by atoms with Gasteiger partial charge in [0.2, 0.25) is 0 Å². The van der Waals surface area contributed by atoms with Crippen LogP contribution in [0.15, 0.2) is 86.6 Å². The zero-order chi connectivity index (χ0) is 17.2. The number of hydrogen-bond donors (Lipinski definition) is 0. The first-order valence-corrected chi connectivity index (χ1v) is 9.54. The molecule has 0 aliphatic rings. The SMILES string of the molecule is O=c1cc2sc(SCc3ccccc3)cc(=O)n2n1-c1ccccc1. The van der Waals surface area contributed by atoms with E-state index in [2.05, 4.69) is 12.1 Å². The average Bonchev–Trinajstić information content (AvgIpc) is 2.98. The topological polar surface area (TPSA) is 43.5 Å². The van der Waals surface area contributed by atoms with Gasteiger partial charge in [0.15, 0.2) is 0 Å². The molecule has 0 unspecified atom stereocenters. The van der Waals surface area contributed by atoms with Crippen molar-refractivity contribution in [2.45, 2.75) is 9.96 Å². The van der Waals surface area contributed by atoms with Crippen LogP contribution in [-0.2, 0) is 5.75 Å². The molecule has 0 aliphatic heterocycles. The minimum absolute atomic E-state index is 0.199. The highest BCUT2D eigenvalue weighted by Gasteiger charge is 2.12. The largest absolute Gasteiger partial charge is 0.273 e. The van der Waals surface area contributed by atoms with Gasteiger partial charge in [-0.2, -0.15) is 4.52 Å². The predicted molar refractivity (Wildman–Crippen MR) is 103 cm³/mol. The number of rotatable bonds is 4. The summed E-state index contributed by atoms with van der Waals surface area (Å²) in [6.07, 6.45) is 0. The Kier molecular flexibility index (Phi) is 4.29. The second kappa shape index (κ2) is 6.74. The van der Waals surface area contributed by atoms with Crippen LogP contribution in [0.3, 0.4) is 0 Å². The monoisotopic (exact) mass is 366 g/mol. The van der Waals surface area contributed by atoms with E-state index in [0.29, 0.717) is 10.5 Å². The van der Waals surface area contributed by atoms with Crippen LogP contribution in [0, 0.1) is 0 Å². The highest BCUT2D eigenvalue weighted by Crippen LogP contribution is 2.27. The second-order valence-electron chi connectivity index (χ2n) is 5.46. The van der Waals surface area contributed by atoms with Crippen molar-refractivity contribution < 1.29 is 0 Å². The van der Waals surface area contributed by atoms with E-state index in [1.165, 1.54) is 32.2 Å². The maximum absolute atomic E-state index is 12.6. The quantitative estimate of drug-likeness (QED) is 0.516. The van der Waals surface area contributed by atoms with Gasteiger partial charge in [0.25, 0.3) is 11.1 Å². The third-order valence-corrected chi connectivity index (χ3v) is 6.05. The number of benzene rings is 2. The zero-order valence-corrected chi connectivity index (χ0v) is 14.8. The van der Waals surface area contributed by atoms with Gasteiger partial charge in [-0.15, -0.1) is 23.1 Å². The molecule has 0 saturated heterocycles. The van der Waals surface area contributed by atoms with Crippen molar-refractivity contribution in [1.29, 1.82) is 0 Å². The van der Waals surface area contributed by atoms with E-state index in [1.54, 1.807) is 17.8 Å². The van der Waals surface area contributed by atoms with Crippen LogP contribution in [0.5, 0.6) is 0 Å². The number of nitrogens with zero attached hydrogens (tertiary/aromatic N) is 2. The van der Waals surface area contributed by atoms with Crippen LogP contribution in [0.2, 0.25) is 0 Å². The number of hydrogen-bond acceptors (Lipinski definition) is 4. The molecule has 0 spiro atoms. The zero-order valence-electron chi connectivity index (χ0n) is 13.2. The van der Waals surface area contributed by atoms with E-state index in [-0.39, 0.29) is 11.1 Å². The molecule has 2 heterocycles. The average molecular weight is 366 g/mol. The molecule has 0 fully saturated rings. The van der Waals surface area contributed by atoms with Gasteiger partial charge in [0, 0.05) is 17.9 Å².